The Balaban J connectivity index is 2.90. The van der Waals surface area contributed by atoms with Crippen LogP contribution in [-0.4, -0.2) is 24.6 Å². The van der Waals surface area contributed by atoms with Crippen molar-refractivity contribution in [1.82, 2.24) is 10.3 Å². The van der Waals surface area contributed by atoms with Crippen molar-refractivity contribution in [1.29, 1.82) is 0 Å². The molecule has 0 radical (unpaired) electrons. The average Bonchev–Trinajstić information content (AvgIpc) is 2.35. The molecule has 18 heavy (non-hydrogen) atoms. The fourth-order valence-corrected chi connectivity index (χ4v) is 1.89. The quantitative estimate of drug-likeness (QED) is 0.769. The molecule has 1 aromatic rings. The summed E-state index contributed by atoms with van der Waals surface area (Å²) in [5.74, 6) is 0.956. The standard InChI is InChI=1S/C14H22ClN3/c1-5-16-8-12-7-14(17-9-13(12)15)18(6-2)10-11(3)4/h7,9,16H,3,5-6,8,10H2,1-2,4H3. The number of halogens is 1. The summed E-state index contributed by atoms with van der Waals surface area (Å²) < 4.78 is 0. The summed E-state index contributed by atoms with van der Waals surface area (Å²) in [7, 11) is 0. The zero-order valence-corrected chi connectivity index (χ0v) is 12.2. The van der Waals surface area contributed by atoms with Gasteiger partial charge in [-0.3, -0.25) is 0 Å². The van der Waals surface area contributed by atoms with Crippen LogP contribution >= 0.6 is 11.6 Å². The molecule has 0 bridgehead atoms. The second-order valence-corrected chi connectivity index (χ2v) is 4.79. The Bertz CT molecular complexity index is 404. The molecular formula is C14H22ClN3. The molecule has 0 unspecified atom stereocenters. The van der Waals surface area contributed by atoms with E-state index >= 15 is 0 Å². The average molecular weight is 268 g/mol. The van der Waals surface area contributed by atoms with Gasteiger partial charge in [0, 0.05) is 25.8 Å². The normalized spacial score (nSPS) is 10.4. The van der Waals surface area contributed by atoms with Crippen LogP contribution in [0.15, 0.2) is 24.4 Å². The maximum Gasteiger partial charge on any atom is 0.129 e. The summed E-state index contributed by atoms with van der Waals surface area (Å²) in [5.41, 5.74) is 2.21. The van der Waals surface area contributed by atoms with Crippen LogP contribution in [0.2, 0.25) is 5.02 Å². The second kappa shape index (κ2) is 7.39. The summed E-state index contributed by atoms with van der Waals surface area (Å²) in [6.45, 7) is 13.6. The van der Waals surface area contributed by atoms with Crippen molar-refractivity contribution in [3.63, 3.8) is 0 Å². The van der Waals surface area contributed by atoms with E-state index in [0.717, 1.165) is 43.1 Å². The van der Waals surface area contributed by atoms with Crippen molar-refractivity contribution in [2.45, 2.75) is 27.3 Å². The molecule has 3 nitrogen and oxygen atoms in total. The Morgan fingerprint density at radius 1 is 1.50 bits per heavy atom. The van der Waals surface area contributed by atoms with E-state index in [2.05, 4.69) is 41.7 Å². The van der Waals surface area contributed by atoms with Gasteiger partial charge in [-0.05, 0) is 32.0 Å². The lowest BCUT2D eigenvalue weighted by atomic mass is 10.2. The molecule has 0 atom stereocenters. The van der Waals surface area contributed by atoms with Crippen molar-refractivity contribution >= 4 is 17.4 Å². The van der Waals surface area contributed by atoms with Crippen LogP contribution in [-0.2, 0) is 6.54 Å². The zero-order chi connectivity index (χ0) is 13.5. The minimum Gasteiger partial charge on any atom is -0.353 e. The lowest BCUT2D eigenvalue weighted by molar-refractivity contribution is 0.725. The molecule has 1 rings (SSSR count). The van der Waals surface area contributed by atoms with E-state index in [1.807, 2.05) is 6.92 Å². The molecule has 0 spiro atoms. The highest BCUT2D eigenvalue weighted by atomic mass is 35.5. The van der Waals surface area contributed by atoms with Gasteiger partial charge in [0.15, 0.2) is 0 Å². The SMILES string of the molecule is C=C(C)CN(CC)c1cc(CNCC)c(Cl)cn1. The summed E-state index contributed by atoms with van der Waals surface area (Å²) in [4.78, 5) is 6.58. The number of anilines is 1. The van der Waals surface area contributed by atoms with E-state index in [9.17, 15) is 0 Å². The molecular weight excluding hydrogens is 246 g/mol. The van der Waals surface area contributed by atoms with Crippen LogP contribution in [0.3, 0.4) is 0 Å². The fraction of sp³-hybridized carbons (Fsp3) is 0.500. The minimum atomic E-state index is 0.714. The largest absolute Gasteiger partial charge is 0.353 e. The van der Waals surface area contributed by atoms with Gasteiger partial charge in [-0.25, -0.2) is 4.98 Å². The van der Waals surface area contributed by atoms with Gasteiger partial charge in [-0.1, -0.05) is 30.7 Å². The van der Waals surface area contributed by atoms with Crippen molar-refractivity contribution in [2.24, 2.45) is 0 Å². The molecule has 0 aliphatic rings. The summed E-state index contributed by atoms with van der Waals surface area (Å²) in [5, 5.41) is 4.00. The van der Waals surface area contributed by atoms with Crippen LogP contribution in [0.1, 0.15) is 26.3 Å². The van der Waals surface area contributed by atoms with E-state index in [-0.39, 0.29) is 0 Å². The maximum absolute atomic E-state index is 6.15. The van der Waals surface area contributed by atoms with Crippen molar-refractivity contribution in [3.8, 4) is 0 Å². The van der Waals surface area contributed by atoms with Gasteiger partial charge < -0.3 is 10.2 Å². The van der Waals surface area contributed by atoms with Crippen LogP contribution in [0.5, 0.6) is 0 Å². The van der Waals surface area contributed by atoms with Crippen LogP contribution in [0.4, 0.5) is 5.82 Å². The Kier molecular flexibility index (Phi) is 6.16. The second-order valence-electron chi connectivity index (χ2n) is 4.39. The summed E-state index contributed by atoms with van der Waals surface area (Å²) >= 11 is 6.15. The molecule has 1 N–H and O–H groups in total. The molecule has 1 heterocycles. The zero-order valence-electron chi connectivity index (χ0n) is 11.5. The molecule has 0 amide bonds. The van der Waals surface area contributed by atoms with Gasteiger partial charge in [0.05, 0.1) is 5.02 Å². The highest BCUT2D eigenvalue weighted by Gasteiger charge is 2.09. The first-order valence-corrected chi connectivity index (χ1v) is 6.70. The molecule has 0 saturated carbocycles. The lowest BCUT2D eigenvalue weighted by Crippen LogP contribution is -2.25. The number of likely N-dealkylation sites (N-methyl/N-ethyl adjacent to an activating group) is 1. The third-order valence-electron chi connectivity index (χ3n) is 2.65. The first-order valence-electron chi connectivity index (χ1n) is 6.32. The molecule has 1 aromatic heterocycles. The number of pyridine rings is 1. The highest BCUT2D eigenvalue weighted by molar-refractivity contribution is 6.31. The van der Waals surface area contributed by atoms with Crippen molar-refractivity contribution in [3.05, 3.63) is 35.0 Å². The molecule has 0 aromatic carbocycles. The predicted molar refractivity (Wildman–Crippen MR) is 79.3 cm³/mol. The third kappa shape index (κ3) is 4.31. The highest BCUT2D eigenvalue weighted by Crippen LogP contribution is 2.20. The first-order chi connectivity index (χ1) is 8.58. The number of nitrogens with zero attached hydrogens (tertiary/aromatic N) is 2. The van der Waals surface area contributed by atoms with E-state index in [4.69, 9.17) is 11.6 Å². The summed E-state index contributed by atoms with van der Waals surface area (Å²) in [6.07, 6.45) is 1.73. The van der Waals surface area contributed by atoms with E-state index in [0.29, 0.717) is 5.02 Å². The molecule has 0 aliphatic carbocycles. The molecule has 4 heteroatoms. The van der Waals surface area contributed by atoms with Gasteiger partial charge in [-0.2, -0.15) is 0 Å². The Hall–Kier alpha value is -1.06. The molecule has 0 fully saturated rings. The van der Waals surface area contributed by atoms with Crippen molar-refractivity contribution < 1.29 is 0 Å². The number of hydrogen-bond acceptors (Lipinski definition) is 3. The Morgan fingerprint density at radius 2 is 2.22 bits per heavy atom. The number of rotatable bonds is 7. The smallest absolute Gasteiger partial charge is 0.129 e. The molecule has 100 valence electrons. The van der Waals surface area contributed by atoms with E-state index in [1.165, 1.54) is 0 Å². The number of nitrogens with one attached hydrogen (secondary N) is 1. The molecule has 0 aliphatic heterocycles. The van der Waals surface area contributed by atoms with Gasteiger partial charge in [0.25, 0.3) is 0 Å². The van der Waals surface area contributed by atoms with E-state index < -0.39 is 0 Å². The predicted octanol–water partition coefficient (Wildman–Crippen LogP) is 3.25. The Morgan fingerprint density at radius 3 is 2.78 bits per heavy atom. The van der Waals surface area contributed by atoms with Crippen LogP contribution < -0.4 is 10.2 Å². The number of aromatic nitrogens is 1. The molecule has 0 saturated heterocycles. The topological polar surface area (TPSA) is 28.2 Å². The summed E-state index contributed by atoms with van der Waals surface area (Å²) in [6, 6.07) is 2.05. The van der Waals surface area contributed by atoms with Crippen LogP contribution in [0.25, 0.3) is 0 Å². The Labute approximate surface area is 115 Å². The van der Waals surface area contributed by atoms with E-state index in [1.54, 1.807) is 6.20 Å². The van der Waals surface area contributed by atoms with Gasteiger partial charge in [0.2, 0.25) is 0 Å². The van der Waals surface area contributed by atoms with Gasteiger partial charge in [-0.15, -0.1) is 0 Å². The maximum atomic E-state index is 6.15. The van der Waals surface area contributed by atoms with Crippen LogP contribution in [0, 0.1) is 0 Å². The van der Waals surface area contributed by atoms with Gasteiger partial charge >= 0.3 is 0 Å². The van der Waals surface area contributed by atoms with Crippen molar-refractivity contribution in [2.75, 3.05) is 24.5 Å². The third-order valence-corrected chi connectivity index (χ3v) is 2.99. The monoisotopic (exact) mass is 267 g/mol. The lowest BCUT2D eigenvalue weighted by Gasteiger charge is -2.22. The van der Waals surface area contributed by atoms with Gasteiger partial charge in [0.1, 0.15) is 5.82 Å². The fourth-order valence-electron chi connectivity index (χ4n) is 1.72. The minimum absolute atomic E-state index is 0.714. The number of hydrogen-bond donors (Lipinski definition) is 1. The first kappa shape index (κ1) is 15.0.